The summed E-state index contributed by atoms with van der Waals surface area (Å²) in [5.41, 5.74) is 7.59. The number of hydrogen-bond acceptors (Lipinski definition) is 3. The van der Waals surface area contributed by atoms with E-state index in [1.165, 1.54) is 16.0 Å². The maximum absolute atomic E-state index is 11.3. The summed E-state index contributed by atoms with van der Waals surface area (Å²) in [4.78, 5) is 2.25. The number of rotatable bonds is 3. The van der Waals surface area contributed by atoms with Gasteiger partial charge in [0.15, 0.2) is 0 Å². The van der Waals surface area contributed by atoms with Crippen LogP contribution in [0.2, 0.25) is 0 Å². The van der Waals surface area contributed by atoms with Gasteiger partial charge in [-0.2, -0.15) is 0 Å². The van der Waals surface area contributed by atoms with Crippen LogP contribution >= 0.6 is 11.3 Å². The van der Waals surface area contributed by atoms with Gasteiger partial charge in [-0.25, -0.2) is 0 Å². The van der Waals surface area contributed by atoms with Gasteiger partial charge in [0.05, 0.1) is 0 Å². The van der Waals surface area contributed by atoms with Gasteiger partial charge in [-0.1, -0.05) is 24.3 Å². The molecule has 1 atom stereocenters. The molecule has 0 spiro atoms. The molecule has 0 amide bonds. The molecule has 0 radical (unpaired) electrons. The Kier molecular flexibility index (Phi) is 3.24. The molecule has 20 heavy (non-hydrogen) atoms. The van der Waals surface area contributed by atoms with Crippen molar-refractivity contribution in [2.45, 2.75) is 32.3 Å². The second kappa shape index (κ2) is 4.69. The quantitative estimate of drug-likeness (QED) is 0.911. The summed E-state index contributed by atoms with van der Waals surface area (Å²) in [6.45, 7) is 4.49. The van der Waals surface area contributed by atoms with Crippen molar-refractivity contribution in [3.8, 4) is 0 Å². The number of benzene rings is 1. The molecule has 3 rings (SSSR count). The average Bonchev–Trinajstić information content (AvgIpc) is 3.02. The van der Waals surface area contributed by atoms with Gasteiger partial charge in [0, 0.05) is 21.7 Å². The highest BCUT2D eigenvalue weighted by atomic mass is 32.1. The van der Waals surface area contributed by atoms with Gasteiger partial charge in [-0.15, -0.1) is 11.3 Å². The standard InChI is InChI=1S/C17H21NOS/c1-12-7-8-15(20-12)16(2,19)17(11-18)9-13-5-3-4-6-14(13)10-17/h3-8,19H,9-11,18H2,1-2H3. The van der Waals surface area contributed by atoms with Gasteiger partial charge in [0.1, 0.15) is 5.60 Å². The molecule has 1 aromatic heterocycles. The Morgan fingerprint density at radius 3 is 2.25 bits per heavy atom. The summed E-state index contributed by atoms with van der Waals surface area (Å²) in [5, 5.41) is 11.3. The van der Waals surface area contributed by atoms with E-state index in [4.69, 9.17) is 5.73 Å². The summed E-state index contributed by atoms with van der Waals surface area (Å²) in [7, 11) is 0. The highest BCUT2D eigenvalue weighted by Gasteiger charge is 2.51. The van der Waals surface area contributed by atoms with Crippen molar-refractivity contribution in [3.63, 3.8) is 0 Å². The smallest absolute Gasteiger partial charge is 0.103 e. The molecular weight excluding hydrogens is 266 g/mol. The van der Waals surface area contributed by atoms with Crippen molar-refractivity contribution in [1.29, 1.82) is 0 Å². The van der Waals surface area contributed by atoms with Crippen molar-refractivity contribution in [2.24, 2.45) is 11.1 Å². The van der Waals surface area contributed by atoms with Gasteiger partial charge >= 0.3 is 0 Å². The molecule has 106 valence electrons. The van der Waals surface area contributed by atoms with Crippen LogP contribution in [0.3, 0.4) is 0 Å². The Bertz CT molecular complexity index is 604. The molecule has 0 aliphatic heterocycles. The van der Waals surface area contributed by atoms with Gasteiger partial charge in [0.2, 0.25) is 0 Å². The lowest BCUT2D eigenvalue weighted by Crippen LogP contribution is -2.49. The van der Waals surface area contributed by atoms with E-state index in [9.17, 15) is 5.11 Å². The maximum atomic E-state index is 11.3. The molecule has 2 nitrogen and oxygen atoms in total. The minimum atomic E-state index is -0.889. The number of hydrogen-bond donors (Lipinski definition) is 2. The van der Waals surface area contributed by atoms with E-state index in [1.54, 1.807) is 11.3 Å². The monoisotopic (exact) mass is 287 g/mol. The van der Waals surface area contributed by atoms with Crippen LogP contribution in [0.4, 0.5) is 0 Å². The Morgan fingerprint density at radius 2 is 1.80 bits per heavy atom. The molecule has 1 aliphatic carbocycles. The summed E-state index contributed by atoms with van der Waals surface area (Å²) < 4.78 is 0. The Hall–Kier alpha value is -1.16. The molecular formula is C17H21NOS. The molecule has 0 saturated heterocycles. The van der Waals surface area contributed by atoms with Crippen molar-refractivity contribution < 1.29 is 5.11 Å². The second-order valence-corrected chi connectivity index (χ2v) is 7.38. The van der Waals surface area contributed by atoms with E-state index in [0.29, 0.717) is 6.54 Å². The summed E-state index contributed by atoms with van der Waals surface area (Å²) >= 11 is 1.67. The van der Waals surface area contributed by atoms with Crippen LogP contribution < -0.4 is 5.73 Å². The van der Waals surface area contributed by atoms with Crippen LogP contribution in [0.15, 0.2) is 36.4 Å². The zero-order chi connectivity index (χ0) is 14.4. The van der Waals surface area contributed by atoms with E-state index in [0.717, 1.165) is 17.7 Å². The number of fused-ring (bicyclic) bond motifs is 1. The van der Waals surface area contributed by atoms with Crippen molar-refractivity contribution in [1.82, 2.24) is 0 Å². The van der Waals surface area contributed by atoms with Gasteiger partial charge < -0.3 is 10.8 Å². The van der Waals surface area contributed by atoms with Gasteiger partial charge in [-0.05, 0) is 49.9 Å². The van der Waals surface area contributed by atoms with E-state index < -0.39 is 5.60 Å². The fraction of sp³-hybridized carbons (Fsp3) is 0.412. The Morgan fingerprint density at radius 1 is 1.20 bits per heavy atom. The van der Waals surface area contributed by atoms with Crippen LogP contribution in [0.1, 0.15) is 27.8 Å². The first-order valence-electron chi connectivity index (χ1n) is 7.05. The topological polar surface area (TPSA) is 46.2 Å². The highest BCUT2D eigenvalue weighted by molar-refractivity contribution is 7.12. The van der Waals surface area contributed by atoms with Crippen molar-refractivity contribution >= 4 is 11.3 Å². The highest BCUT2D eigenvalue weighted by Crippen LogP contribution is 2.50. The zero-order valence-electron chi connectivity index (χ0n) is 12.0. The number of thiophene rings is 1. The number of aryl methyl sites for hydroxylation is 1. The van der Waals surface area contributed by atoms with Crippen LogP contribution in [0.5, 0.6) is 0 Å². The molecule has 0 fully saturated rings. The maximum Gasteiger partial charge on any atom is 0.103 e. The molecule has 0 bridgehead atoms. The predicted octanol–water partition coefficient (Wildman–Crippen LogP) is 3.01. The van der Waals surface area contributed by atoms with E-state index in [2.05, 4.69) is 37.3 Å². The lowest BCUT2D eigenvalue weighted by Gasteiger charge is -2.41. The van der Waals surface area contributed by atoms with Crippen LogP contribution in [-0.2, 0) is 18.4 Å². The third-order valence-electron chi connectivity index (χ3n) is 4.82. The molecule has 3 heteroatoms. The van der Waals surface area contributed by atoms with Crippen molar-refractivity contribution in [3.05, 3.63) is 57.3 Å². The molecule has 0 saturated carbocycles. The third-order valence-corrected chi connectivity index (χ3v) is 6.03. The molecule has 1 aliphatic rings. The summed E-state index contributed by atoms with van der Waals surface area (Å²) in [5.74, 6) is 0. The first kappa shape index (κ1) is 13.8. The van der Waals surface area contributed by atoms with E-state index in [1.807, 2.05) is 13.0 Å². The van der Waals surface area contributed by atoms with Crippen LogP contribution in [0, 0.1) is 12.3 Å². The summed E-state index contributed by atoms with van der Waals surface area (Å²) in [6.07, 6.45) is 1.70. The largest absolute Gasteiger partial charge is 0.384 e. The SMILES string of the molecule is Cc1ccc(C(C)(O)C2(CN)Cc3ccccc3C2)s1. The second-order valence-electron chi connectivity index (χ2n) is 6.09. The average molecular weight is 287 g/mol. The van der Waals surface area contributed by atoms with Crippen LogP contribution in [0.25, 0.3) is 0 Å². The normalized spacial score (nSPS) is 19.6. The molecule has 1 heterocycles. The van der Waals surface area contributed by atoms with Crippen molar-refractivity contribution in [2.75, 3.05) is 6.54 Å². The molecule has 1 unspecified atom stereocenters. The lowest BCUT2D eigenvalue weighted by atomic mass is 9.69. The Labute approximate surface area is 124 Å². The summed E-state index contributed by atoms with van der Waals surface area (Å²) in [6, 6.07) is 12.6. The van der Waals surface area contributed by atoms with Gasteiger partial charge in [0.25, 0.3) is 0 Å². The Balaban J connectivity index is 2.03. The fourth-order valence-electron chi connectivity index (χ4n) is 3.34. The van der Waals surface area contributed by atoms with Crippen LogP contribution in [-0.4, -0.2) is 11.7 Å². The molecule has 2 aromatic rings. The minimum Gasteiger partial charge on any atom is -0.384 e. The lowest BCUT2D eigenvalue weighted by molar-refractivity contribution is -0.0645. The minimum absolute atomic E-state index is 0.298. The van der Waals surface area contributed by atoms with E-state index >= 15 is 0 Å². The zero-order valence-corrected chi connectivity index (χ0v) is 12.8. The molecule has 3 N–H and O–H groups in total. The fourth-order valence-corrected chi connectivity index (χ4v) is 4.37. The first-order valence-corrected chi connectivity index (χ1v) is 7.86. The third kappa shape index (κ3) is 1.93. The molecule has 1 aromatic carbocycles. The van der Waals surface area contributed by atoms with Gasteiger partial charge in [-0.3, -0.25) is 0 Å². The number of aliphatic hydroxyl groups is 1. The van der Waals surface area contributed by atoms with E-state index in [-0.39, 0.29) is 5.41 Å². The first-order chi connectivity index (χ1) is 9.48. The predicted molar refractivity (Wildman–Crippen MR) is 84.0 cm³/mol. The number of nitrogens with two attached hydrogens (primary N) is 1.